The van der Waals surface area contributed by atoms with Gasteiger partial charge in [-0.25, -0.2) is 4.98 Å². The van der Waals surface area contributed by atoms with E-state index in [1.807, 2.05) is 42.5 Å². The zero-order valence-electron chi connectivity index (χ0n) is 19.9. The van der Waals surface area contributed by atoms with Crippen LogP contribution in [0.15, 0.2) is 79.5 Å². The molecule has 3 aromatic heterocycles. The van der Waals surface area contributed by atoms with Crippen molar-refractivity contribution in [1.29, 1.82) is 0 Å². The smallest absolute Gasteiger partial charge is 0.272 e. The van der Waals surface area contributed by atoms with E-state index in [4.69, 9.17) is 0 Å². The molecule has 1 aliphatic rings. The van der Waals surface area contributed by atoms with Gasteiger partial charge in [0.15, 0.2) is 0 Å². The first-order valence-corrected chi connectivity index (χ1v) is 11.9. The molecule has 1 saturated heterocycles. The number of amides is 1. The van der Waals surface area contributed by atoms with Crippen molar-refractivity contribution >= 4 is 5.91 Å². The minimum Gasteiger partial charge on any atom is -0.336 e. The van der Waals surface area contributed by atoms with Crippen LogP contribution < -0.4 is 0 Å². The molecule has 0 bridgehead atoms. The molecule has 0 unspecified atom stereocenters. The van der Waals surface area contributed by atoms with E-state index in [2.05, 4.69) is 49.2 Å². The molecule has 5 rings (SSSR count). The quantitative estimate of drug-likeness (QED) is 0.434. The summed E-state index contributed by atoms with van der Waals surface area (Å²) in [7, 11) is 1.87. The number of hydrogen-bond acceptors (Lipinski definition) is 6. The molecular formula is C27H29N7O. The molecule has 35 heavy (non-hydrogen) atoms. The fraction of sp³-hybridized carbons (Fsp3) is 0.296. The lowest BCUT2D eigenvalue weighted by molar-refractivity contribution is 0.0740. The Morgan fingerprint density at radius 2 is 1.89 bits per heavy atom. The summed E-state index contributed by atoms with van der Waals surface area (Å²) in [5, 5.41) is 4.23. The molecule has 8 heteroatoms. The van der Waals surface area contributed by atoms with E-state index >= 15 is 0 Å². The molecule has 1 amide bonds. The summed E-state index contributed by atoms with van der Waals surface area (Å²) in [4.78, 5) is 31.4. The van der Waals surface area contributed by atoms with Crippen molar-refractivity contribution in [2.45, 2.75) is 13.0 Å². The highest BCUT2D eigenvalue weighted by Gasteiger charge is 2.28. The van der Waals surface area contributed by atoms with Crippen LogP contribution >= 0.6 is 0 Å². The van der Waals surface area contributed by atoms with Gasteiger partial charge in [0.25, 0.3) is 5.91 Å². The number of carbonyl (C=O) groups is 1. The topological polar surface area (TPSA) is 80.0 Å². The molecule has 4 aromatic rings. The molecule has 8 nitrogen and oxygen atoms in total. The third-order valence-corrected chi connectivity index (χ3v) is 6.30. The maximum absolute atomic E-state index is 13.6. The first-order valence-electron chi connectivity index (χ1n) is 11.9. The summed E-state index contributed by atoms with van der Waals surface area (Å²) in [5.41, 5.74) is 4.33. The summed E-state index contributed by atoms with van der Waals surface area (Å²) < 4.78 is 1.73. The van der Waals surface area contributed by atoms with Crippen molar-refractivity contribution in [3.05, 3.63) is 96.5 Å². The number of carbonyl (C=O) groups excluding carboxylic acids is 1. The predicted molar refractivity (Wildman–Crippen MR) is 133 cm³/mol. The second kappa shape index (κ2) is 10.6. The molecular weight excluding hydrogens is 438 g/mol. The molecule has 0 saturated carbocycles. The van der Waals surface area contributed by atoms with Gasteiger partial charge in [-0.05, 0) is 30.0 Å². The molecule has 0 radical (unpaired) electrons. The van der Waals surface area contributed by atoms with E-state index in [0.717, 1.165) is 43.0 Å². The summed E-state index contributed by atoms with van der Waals surface area (Å²) in [6, 6.07) is 16.1. The molecule has 178 valence electrons. The van der Waals surface area contributed by atoms with Crippen LogP contribution in [0.1, 0.15) is 21.7 Å². The highest BCUT2D eigenvalue weighted by Crippen LogP contribution is 2.20. The number of rotatable bonds is 6. The van der Waals surface area contributed by atoms with Gasteiger partial charge >= 0.3 is 0 Å². The van der Waals surface area contributed by atoms with E-state index in [-0.39, 0.29) is 11.8 Å². The van der Waals surface area contributed by atoms with Crippen molar-refractivity contribution in [1.82, 2.24) is 34.5 Å². The van der Waals surface area contributed by atoms with Gasteiger partial charge < -0.3 is 4.90 Å². The van der Waals surface area contributed by atoms with Crippen molar-refractivity contribution < 1.29 is 4.79 Å². The van der Waals surface area contributed by atoms with Crippen LogP contribution in [-0.2, 0) is 20.0 Å². The lowest BCUT2D eigenvalue weighted by Gasteiger charge is -2.24. The van der Waals surface area contributed by atoms with E-state index in [9.17, 15) is 4.79 Å². The molecule has 0 aliphatic carbocycles. The minimum atomic E-state index is -0.0403. The normalized spacial score (nSPS) is 16.7. The lowest BCUT2D eigenvalue weighted by Crippen LogP contribution is -2.37. The van der Waals surface area contributed by atoms with Gasteiger partial charge in [0.05, 0.1) is 17.6 Å². The fourth-order valence-electron chi connectivity index (χ4n) is 4.64. The Kier molecular flexibility index (Phi) is 6.90. The van der Waals surface area contributed by atoms with Crippen molar-refractivity contribution in [3.63, 3.8) is 0 Å². The molecule has 1 aromatic carbocycles. The Morgan fingerprint density at radius 3 is 2.66 bits per heavy atom. The molecule has 0 spiro atoms. The SMILES string of the molecule is Cn1cc(-c2cccc(C(=O)N3CCN(Cc4ccccc4)C[C@@H](Cc4cnccn4)C3)n2)cn1. The third-order valence-electron chi connectivity index (χ3n) is 6.30. The number of aryl methyl sites for hydroxylation is 1. The van der Waals surface area contributed by atoms with Gasteiger partial charge in [0, 0.05) is 70.1 Å². The predicted octanol–water partition coefficient (Wildman–Crippen LogP) is 3.09. The highest BCUT2D eigenvalue weighted by molar-refractivity contribution is 5.93. The first-order chi connectivity index (χ1) is 17.1. The second-order valence-electron chi connectivity index (χ2n) is 9.05. The van der Waals surface area contributed by atoms with Crippen LogP contribution in [0.5, 0.6) is 0 Å². The second-order valence-corrected chi connectivity index (χ2v) is 9.05. The van der Waals surface area contributed by atoms with E-state index in [1.165, 1.54) is 5.56 Å². The lowest BCUT2D eigenvalue weighted by atomic mass is 10.0. The van der Waals surface area contributed by atoms with Gasteiger partial charge in [-0.3, -0.25) is 24.3 Å². The maximum Gasteiger partial charge on any atom is 0.272 e. The fourth-order valence-corrected chi connectivity index (χ4v) is 4.64. The van der Waals surface area contributed by atoms with E-state index in [1.54, 1.807) is 29.3 Å². The number of nitrogens with zero attached hydrogens (tertiary/aromatic N) is 7. The summed E-state index contributed by atoms with van der Waals surface area (Å²) >= 11 is 0. The summed E-state index contributed by atoms with van der Waals surface area (Å²) in [5.74, 6) is 0.199. The Labute approximate surface area is 205 Å². The molecule has 1 atom stereocenters. The van der Waals surface area contributed by atoms with Crippen molar-refractivity contribution in [2.75, 3.05) is 26.2 Å². The highest BCUT2D eigenvalue weighted by atomic mass is 16.2. The van der Waals surface area contributed by atoms with Gasteiger partial charge in [-0.1, -0.05) is 36.4 Å². The van der Waals surface area contributed by atoms with Crippen LogP contribution in [0.3, 0.4) is 0 Å². The van der Waals surface area contributed by atoms with E-state index < -0.39 is 0 Å². The van der Waals surface area contributed by atoms with Crippen molar-refractivity contribution in [3.8, 4) is 11.3 Å². The van der Waals surface area contributed by atoms with Crippen LogP contribution in [0.2, 0.25) is 0 Å². The standard InChI is InChI=1S/C27H29N7O/c1-32-20-23(15-30-32)25-8-5-9-26(31-25)27(35)34-13-12-33(17-21-6-3-2-4-7-21)18-22(19-34)14-24-16-28-10-11-29-24/h2-11,15-16,20,22H,12-14,17-19H2,1H3/t22-/m1/s1. The molecule has 1 aliphatic heterocycles. The van der Waals surface area contributed by atoms with E-state index in [0.29, 0.717) is 18.8 Å². The first kappa shape index (κ1) is 22.9. The van der Waals surface area contributed by atoms with Gasteiger partial charge in [-0.2, -0.15) is 5.10 Å². The van der Waals surface area contributed by atoms with Gasteiger partial charge in [-0.15, -0.1) is 0 Å². The average Bonchev–Trinajstić information content (AvgIpc) is 3.23. The minimum absolute atomic E-state index is 0.0403. The Morgan fingerprint density at radius 1 is 1.00 bits per heavy atom. The third kappa shape index (κ3) is 5.78. The summed E-state index contributed by atoms with van der Waals surface area (Å²) in [6.45, 7) is 3.85. The number of aromatic nitrogens is 5. The monoisotopic (exact) mass is 467 g/mol. The number of hydrogen-bond donors (Lipinski definition) is 0. The molecule has 0 N–H and O–H groups in total. The Balaban J connectivity index is 1.36. The van der Waals surface area contributed by atoms with Crippen molar-refractivity contribution in [2.24, 2.45) is 13.0 Å². The average molecular weight is 468 g/mol. The Hall–Kier alpha value is -3.91. The zero-order chi connectivity index (χ0) is 24.0. The van der Waals surface area contributed by atoms with Gasteiger partial charge in [0.2, 0.25) is 0 Å². The van der Waals surface area contributed by atoms with Crippen LogP contribution in [-0.4, -0.2) is 66.6 Å². The maximum atomic E-state index is 13.6. The summed E-state index contributed by atoms with van der Waals surface area (Å²) in [6.07, 6.45) is 9.67. The van der Waals surface area contributed by atoms with Crippen LogP contribution in [0.4, 0.5) is 0 Å². The molecule has 1 fully saturated rings. The zero-order valence-corrected chi connectivity index (χ0v) is 19.9. The number of benzene rings is 1. The Bertz CT molecular complexity index is 1260. The van der Waals surface area contributed by atoms with Crippen LogP contribution in [0, 0.1) is 5.92 Å². The number of pyridine rings is 1. The van der Waals surface area contributed by atoms with Crippen LogP contribution in [0.25, 0.3) is 11.3 Å². The molecule has 4 heterocycles. The largest absolute Gasteiger partial charge is 0.336 e. The van der Waals surface area contributed by atoms with Gasteiger partial charge in [0.1, 0.15) is 5.69 Å².